The molecule has 0 unspecified atom stereocenters. The van der Waals surface area contributed by atoms with Crippen molar-refractivity contribution in [3.8, 4) is 5.75 Å². The molecule has 0 heterocycles. The fourth-order valence-corrected chi connectivity index (χ4v) is 6.39. The Hall–Kier alpha value is -2.04. The number of ether oxygens (including phenoxy) is 1. The average molecular weight is 399 g/mol. The van der Waals surface area contributed by atoms with E-state index in [1.807, 2.05) is 13.8 Å². The number of hydrogen-bond acceptors (Lipinski definition) is 3. The third-order valence-electron chi connectivity index (χ3n) is 7.39. The van der Waals surface area contributed by atoms with Crippen LogP contribution in [-0.2, 0) is 4.79 Å². The zero-order chi connectivity index (χ0) is 20.6. The highest BCUT2D eigenvalue weighted by Crippen LogP contribution is 2.59. The first-order valence-electron chi connectivity index (χ1n) is 11.1. The van der Waals surface area contributed by atoms with Gasteiger partial charge in [-0.15, -0.1) is 0 Å². The fourth-order valence-electron chi connectivity index (χ4n) is 6.39. The summed E-state index contributed by atoms with van der Waals surface area (Å²) >= 11 is 0. The van der Waals surface area contributed by atoms with Crippen molar-refractivity contribution < 1.29 is 14.3 Å². The summed E-state index contributed by atoms with van der Waals surface area (Å²) in [6.45, 7) is 4.71. The van der Waals surface area contributed by atoms with Crippen molar-refractivity contribution in [2.75, 3.05) is 13.7 Å². The third-order valence-corrected chi connectivity index (χ3v) is 7.39. The number of carbonyl (C=O) groups is 2. The Kier molecular flexibility index (Phi) is 5.58. The van der Waals surface area contributed by atoms with Gasteiger partial charge in [-0.05, 0) is 91.9 Å². The maximum atomic E-state index is 13.0. The van der Waals surface area contributed by atoms with E-state index in [2.05, 4.69) is 10.6 Å². The van der Waals surface area contributed by atoms with Crippen LogP contribution in [0.25, 0.3) is 0 Å². The van der Waals surface area contributed by atoms with Crippen LogP contribution in [0.2, 0.25) is 0 Å². The second-order valence-corrected chi connectivity index (χ2v) is 10.1. The molecule has 4 aliphatic carbocycles. The van der Waals surface area contributed by atoms with Gasteiger partial charge in [-0.3, -0.25) is 9.59 Å². The molecule has 0 saturated heterocycles. The summed E-state index contributed by atoms with van der Waals surface area (Å²) in [4.78, 5) is 25.7. The van der Waals surface area contributed by atoms with Crippen molar-refractivity contribution in [3.63, 3.8) is 0 Å². The first-order valence-corrected chi connectivity index (χ1v) is 11.1. The first-order chi connectivity index (χ1) is 13.9. The molecular weight excluding hydrogens is 364 g/mol. The normalized spacial score (nSPS) is 30.8. The van der Waals surface area contributed by atoms with Gasteiger partial charge in [0, 0.05) is 12.1 Å². The molecule has 158 valence electrons. The lowest BCUT2D eigenvalue weighted by Gasteiger charge is -2.57. The van der Waals surface area contributed by atoms with Gasteiger partial charge in [-0.2, -0.15) is 0 Å². The van der Waals surface area contributed by atoms with Crippen molar-refractivity contribution in [3.05, 3.63) is 29.8 Å². The van der Waals surface area contributed by atoms with Gasteiger partial charge in [-0.25, -0.2) is 0 Å². The summed E-state index contributed by atoms with van der Waals surface area (Å²) in [5.41, 5.74) is 0.830. The number of carbonyl (C=O) groups excluding carboxylic acids is 2. The minimum atomic E-state index is -0.529. The van der Waals surface area contributed by atoms with E-state index in [1.54, 1.807) is 31.4 Å². The molecule has 2 amide bonds. The summed E-state index contributed by atoms with van der Waals surface area (Å²) in [7, 11) is 1.60. The molecule has 0 spiro atoms. The SMILES string of the molecule is COc1ccc(C(=O)N[C@H](C(=O)NCC23CC4CC(CC(C4)C2)C3)C(C)C)cc1. The second kappa shape index (κ2) is 8.00. The Labute approximate surface area is 174 Å². The van der Waals surface area contributed by atoms with Gasteiger partial charge in [0.1, 0.15) is 11.8 Å². The second-order valence-electron chi connectivity index (χ2n) is 10.1. The van der Waals surface area contributed by atoms with Crippen LogP contribution in [0.1, 0.15) is 62.7 Å². The molecule has 1 atom stereocenters. The maximum Gasteiger partial charge on any atom is 0.251 e. The lowest BCUT2D eigenvalue weighted by Crippen LogP contribution is -2.55. The van der Waals surface area contributed by atoms with Crippen LogP contribution in [0.4, 0.5) is 0 Å². The predicted molar refractivity (Wildman–Crippen MR) is 113 cm³/mol. The smallest absolute Gasteiger partial charge is 0.251 e. The molecule has 2 N–H and O–H groups in total. The molecular formula is C24H34N2O3. The van der Waals surface area contributed by atoms with Crippen LogP contribution in [0.3, 0.4) is 0 Å². The third kappa shape index (κ3) is 4.29. The minimum absolute atomic E-state index is 0.0218. The molecule has 29 heavy (non-hydrogen) atoms. The van der Waals surface area contributed by atoms with Gasteiger partial charge in [0.15, 0.2) is 0 Å². The molecule has 1 aromatic rings. The van der Waals surface area contributed by atoms with E-state index in [0.717, 1.165) is 24.3 Å². The van der Waals surface area contributed by atoms with Crippen LogP contribution < -0.4 is 15.4 Å². The van der Waals surface area contributed by atoms with E-state index in [4.69, 9.17) is 4.74 Å². The standard InChI is InChI=1S/C24H34N2O3/c1-15(2)21(26-22(27)19-4-6-20(29-3)7-5-19)23(28)25-14-24-11-16-8-17(12-24)10-18(9-16)13-24/h4-7,15-18,21H,8-14H2,1-3H3,(H,25,28)(H,26,27)/t16?,17?,18?,21-,24?/m0/s1. The van der Waals surface area contributed by atoms with E-state index < -0.39 is 6.04 Å². The maximum absolute atomic E-state index is 13.0. The highest BCUT2D eigenvalue weighted by Gasteiger charge is 2.50. The molecule has 0 radical (unpaired) electrons. The number of hydrogen-bond donors (Lipinski definition) is 2. The highest BCUT2D eigenvalue weighted by atomic mass is 16.5. The largest absolute Gasteiger partial charge is 0.497 e. The lowest BCUT2D eigenvalue weighted by molar-refractivity contribution is -0.126. The molecule has 4 saturated carbocycles. The lowest BCUT2D eigenvalue weighted by atomic mass is 9.49. The van der Waals surface area contributed by atoms with Crippen molar-refractivity contribution in [2.24, 2.45) is 29.1 Å². The first kappa shape index (κ1) is 20.2. The molecule has 5 heteroatoms. The van der Waals surface area contributed by atoms with E-state index in [1.165, 1.54) is 38.5 Å². The van der Waals surface area contributed by atoms with Crippen molar-refractivity contribution >= 4 is 11.8 Å². The molecule has 0 aromatic heterocycles. The number of methoxy groups -OCH3 is 1. The van der Waals surface area contributed by atoms with Crippen LogP contribution in [0, 0.1) is 29.1 Å². The van der Waals surface area contributed by atoms with Gasteiger partial charge in [-0.1, -0.05) is 13.8 Å². The average Bonchev–Trinajstić information content (AvgIpc) is 2.69. The topological polar surface area (TPSA) is 67.4 Å². The van der Waals surface area contributed by atoms with Gasteiger partial charge in [0.2, 0.25) is 5.91 Å². The van der Waals surface area contributed by atoms with E-state index >= 15 is 0 Å². The number of amides is 2. The minimum Gasteiger partial charge on any atom is -0.497 e. The number of rotatable bonds is 7. The summed E-state index contributed by atoms with van der Waals surface area (Å²) < 4.78 is 5.14. The molecule has 0 aliphatic heterocycles. The Balaban J connectivity index is 1.37. The van der Waals surface area contributed by atoms with Gasteiger partial charge in [0.25, 0.3) is 5.91 Å². The van der Waals surface area contributed by atoms with E-state index in [-0.39, 0.29) is 17.7 Å². The molecule has 1 aromatic carbocycles. The molecule has 4 fully saturated rings. The zero-order valence-electron chi connectivity index (χ0n) is 17.9. The van der Waals surface area contributed by atoms with Gasteiger partial charge in [0.05, 0.1) is 7.11 Å². The van der Waals surface area contributed by atoms with Crippen LogP contribution >= 0.6 is 0 Å². The Morgan fingerprint density at radius 1 is 1.03 bits per heavy atom. The Morgan fingerprint density at radius 3 is 2.07 bits per heavy atom. The Bertz CT molecular complexity index is 721. The predicted octanol–water partition coefficient (Wildman–Crippen LogP) is 3.78. The van der Waals surface area contributed by atoms with Crippen LogP contribution in [0.15, 0.2) is 24.3 Å². The summed E-state index contributed by atoms with van der Waals surface area (Å²) in [6.07, 6.45) is 8.01. The van der Waals surface area contributed by atoms with Crippen molar-refractivity contribution in [1.29, 1.82) is 0 Å². The Morgan fingerprint density at radius 2 is 1.59 bits per heavy atom. The van der Waals surface area contributed by atoms with E-state index in [9.17, 15) is 9.59 Å². The molecule has 4 aliphatic rings. The summed E-state index contributed by atoms with van der Waals surface area (Å²) in [6, 6.07) is 6.43. The molecule has 5 rings (SSSR count). The monoisotopic (exact) mass is 398 g/mol. The number of nitrogens with one attached hydrogen (secondary N) is 2. The van der Waals surface area contributed by atoms with Crippen LogP contribution in [-0.4, -0.2) is 31.5 Å². The number of benzene rings is 1. The fraction of sp³-hybridized carbons (Fsp3) is 0.667. The van der Waals surface area contributed by atoms with Gasteiger partial charge < -0.3 is 15.4 Å². The van der Waals surface area contributed by atoms with Crippen molar-refractivity contribution in [1.82, 2.24) is 10.6 Å². The van der Waals surface area contributed by atoms with Crippen molar-refractivity contribution in [2.45, 2.75) is 58.4 Å². The highest BCUT2D eigenvalue weighted by molar-refractivity contribution is 5.97. The van der Waals surface area contributed by atoms with E-state index in [0.29, 0.717) is 16.7 Å². The molecule has 4 bridgehead atoms. The van der Waals surface area contributed by atoms with Crippen LogP contribution in [0.5, 0.6) is 5.75 Å². The summed E-state index contributed by atoms with van der Waals surface area (Å²) in [5.74, 6) is 3.05. The van der Waals surface area contributed by atoms with Gasteiger partial charge >= 0.3 is 0 Å². The molecule has 5 nitrogen and oxygen atoms in total. The summed E-state index contributed by atoms with van der Waals surface area (Å²) in [5, 5.41) is 6.16. The zero-order valence-corrected chi connectivity index (χ0v) is 17.9. The quantitative estimate of drug-likeness (QED) is 0.734.